The summed E-state index contributed by atoms with van der Waals surface area (Å²) in [4.78, 5) is 13.7. The Morgan fingerprint density at radius 3 is 2.21 bits per heavy atom. The van der Waals surface area contributed by atoms with Gasteiger partial charge < -0.3 is 10.2 Å². The molecule has 2 aromatic carbocycles. The first-order chi connectivity index (χ1) is 13.9. The molecule has 1 fully saturated rings. The van der Waals surface area contributed by atoms with Gasteiger partial charge in [0.2, 0.25) is 10.0 Å². The molecule has 0 aromatic heterocycles. The highest BCUT2D eigenvalue weighted by molar-refractivity contribution is 7.89. The van der Waals surface area contributed by atoms with Crippen LogP contribution in [0.1, 0.15) is 31.2 Å². The average Bonchev–Trinajstić information content (AvgIpc) is 2.99. The summed E-state index contributed by atoms with van der Waals surface area (Å²) in [6.45, 7) is 2.26. The van der Waals surface area contributed by atoms with E-state index < -0.39 is 10.0 Å². The molecule has 3 rings (SSSR count). The fourth-order valence-corrected chi connectivity index (χ4v) is 5.14. The first kappa shape index (κ1) is 21.5. The van der Waals surface area contributed by atoms with Crippen LogP contribution in [-0.2, 0) is 21.4 Å². The number of likely N-dealkylation sites (N-methyl/N-ethyl adjacent to an activating group) is 1. The SMILES string of the molecule is C[NH+](CC(=O)Nc1ccc(S(=O)(=O)N2CCCCCC2)cc1)Cc1ccccc1. The zero-order chi connectivity index (χ0) is 20.7. The van der Waals surface area contributed by atoms with Crippen molar-refractivity contribution in [3.63, 3.8) is 0 Å². The van der Waals surface area contributed by atoms with Crippen molar-refractivity contribution in [2.75, 3.05) is 32.0 Å². The Bertz CT molecular complexity index is 891. The normalized spacial score (nSPS) is 16.7. The number of carbonyl (C=O) groups is 1. The van der Waals surface area contributed by atoms with E-state index in [1.165, 1.54) is 5.56 Å². The molecule has 1 unspecified atom stereocenters. The Balaban J connectivity index is 1.56. The van der Waals surface area contributed by atoms with Crippen molar-refractivity contribution in [3.8, 4) is 0 Å². The van der Waals surface area contributed by atoms with E-state index in [9.17, 15) is 13.2 Å². The van der Waals surface area contributed by atoms with Crippen molar-refractivity contribution in [2.45, 2.75) is 37.1 Å². The van der Waals surface area contributed by atoms with Crippen molar-refractivity contribution in [3.05, 3.63) is 60.2 Å². The fourth-order valence-electron chi connectivity index (χ4n) is 3.63. The maximum Gasteiger partial charge on any atom is 0.279 e. The molecule has 1 aliphatic heterocycles. The van der Waals surface area contributed by atoms with Crippen LogP contribution in [0.15, 0.2) is 59.5 Å². The third kappa shape index (κ3) is 6.13. The van der Waals surface area contributed by atoms with Gasteiger partial charge in [0.15, 0.2) is 6.54 Å². The first-order valence-electron chi connectivity index (χ1n) is 10.2. The number of benzene rings is 2. The highest BCUT2D eigenvalue weighted by Gasteiger charge is 2.25. The quantitative estimate of drug-likeness (QED) is 0.724. The molecule has 0 bridgehead atoms. The molecule has 0 spiro atoms. The molecule has 2 aromatic rings. The van der Waals surface area contributed by atoms with E-state index in [2.05, 4.69) is 5.32 Å². The van der Waals surface area contributed by atoms with Crippen LogP contribution in [0.4, 0.5) is 5.69 Å². The minimum Gasteiger partial charge on any atom is -0.326 e. The third-order valence-corrected chi connectivity index (χ3v) is 7.06. The topological polar surface area (TPSA) is 70.9 Å². The molecule has 156 valence electrons. The number of rotatable bonds is 7. The minimum atomic E-state index is -3.47. The molecule has 7 heteroatoms. The van der Waals surface area contributed by atoms with Crippen molar-refractivity contribution in [2.24, 2.45) is 0 Å². The van der Waals surface area contributed by atoms with E-state index in [0.29, 0.717) is 25.3 Å². The summed E-state index contributed by atoms with van der Waals surface area (Å²) in [6, 6.07) is 16.5. The maximum absolute atomic E-state index is 12.8. The van der Waals surface area contributed by atoms with Crippen LogP contribution in [0.5, 0.6) is 0 Å². The van der Waals surface area contributed by atoms with Crippen LogP contribution in [0, 0.1) is 0 Å². The predicted octanol–water partition coefficient (Wildman–Crippen LogP) is 1.90. The van der Waals surface area contributed by atoms with Crippen molar-refractivity contribution in [1.29, 1.82) is 0 Å². The van der Waals surface area contributed by atoms with E-state index in [4.69, 9.17) is 0 Å². The van der Waals surface area contributed by atoms with Crippen LogP contribution in [0.25, 0.3) is 0 Å². The van der Waals surface area contributed by atoms with Crippen molar-refractivity contribution in [1.82, 2.24) is 4.31 Å². The smallest absolute Gasteiger partial charge is 0.279 e. The van der Waals surface area contributed by atoms with E-state index in [0.717, 1.165) is 37.1 Å². The summed E-state index contributed by atoms with van der Waals surface area (Å²) in [6.07, 6.45) is 3.98. The van der Waals surface area contributed by atoms with Gasteiger partial charge in [-0.3, -0.25) is 4.79 Å². The highest BCUT2D eigenvalue weighted by Crippen LogP contribution is 2.21. The van der Waals surface area contributed by atoms with Gasteiger partial charge in [0.05, 0.1) is 11.9 Å². The molecule has 1 atom stereocenters. The Kier molecular flexibility index (Phi) is 7.41. The molecule has 1 aliphatic rings. The lowest BCUT2D eigenvalue weighted by molar-refractivity contribution is -0.885. The molecular formula is C22H30N3O3S+. The summed E-state index contributed by atoms with van der Waals surface area (Å²) in [5.41, 5.74) is 1.79. The van der Waals surface area contributed by atoms with Crippen LogP contribution >= 0.6 is 0 Å². The number of amides is 1. The van der Waals surface area contributed by atoms with E-state index in [1.54, 1.807) is 28.6 Å². The van der Waals surface area contributed by atoms with Crippen LogP contribution < -0.4 is 10.2 Å². The largest absolute Gasteiger partial charge is 0.326 e. The van der Waals surface area contributed by atoms with Gasteiger partial charge in [-0.05, 0) is 37.1 Å². The van der Waals surface area contributed by atoms with E-state index in [1.807, 2.05) is 37.4 Å². The summed E-state index contributed by atoms with van der Waals surface area (Å²) >= 11 is 0. The fraction of sp³-hybridized carbons (Fsp3) is 0.409. The lowest BCUT2D eigenvalue weighted by atomic mass is 10.2. The second-order valence-electron chi connectivity index (χ2n) is 7.69. The van der Waals surface area contributed by atoms with Gasteiger partial charge in [-0.15, -0.1) is 0 Å². The Labute approximate surface area is 173 Å². The summed E-state index contributed by atoms with van der Waals surface area (Å²) in [5, 5.41) is 2.86. The van der Waals surface area contributed by atoms with Crippen molar-refractivity contribution >= 4 is 21.6 Å². The first-order valence-corrected chi connectivity index (χ1v) is 11.6. The van der Waals surface area contributed by atoms with E-state index in [-0.39, 0.29) is 10.8 Å². The monoisotopic (exact) mass is 416 g/mol. The number of nitrogens with zero attached hydrogens (tertiary/aromatic N) is 1. The molecule has 0 aliphatic carbocycles. The molecular weight excluding hydrogens is 386 g/mol. The summed E-state index contributed by atoms with van der Waals surface area (Å²) in [5.74, 6) is -0.0958. The number of hydrogen-bond donors (Lipinski definition) is 2. The Hall–Kier alpha value is -2.22. The zero-order valence-corrected chi connectivity index (χ0v) is 17.7. The van der Waals surface area contributed by atoms with Gasteiger partial charge in [-0.25, -0.2) is 8.42 Å². The number of sulfonamides is 1. The third-order valence-electron chi connectivity index (χ3n) is 5.15. The standard InChI is InChI=1S/C22H29N3O3S/c1-24(17-19-9-5-4-6-10-19)18-22(26)23-20-11-13-21(14-12-20)29(27,28)25-15-7-2-3-8-16-25/h4-6,9-14H,2-3,7-8,15-18H2,1H3,(H,23,26)/p+1. The molecule has 6 nitrogen and oxygen atoms in total. The second kappa shape index (κ2) is 10.0. The number of hydrogen-bond acceptors (Lipinski definition) is 3. The van der Waals surface area contributed by atoms with Crippen molar-refractivity contribution < 1.29 is 18.1 Å². The van der Waals surface area contributed by atoms with Gasteiger partial charge in [0.25, 0.3) is 5.91 Å². The van der Waals surface area contributed by atoms with Crippen LogP contribution in [0.2, 0.25) is 0 Å². The number of nitrogens with one attached hydrogen (secondary N) is 2. The predicted molar refractivity (Wildman–Crippen MR) is 114 cm³/mol. The van der Waals surface area contributed by atoms with Gasteiger partial charge in [-0.1, -0.05) is 43.2 Å². The number of carbonyl (C=O) groups excluding carboxylic acids is 1. The zero-order valence-electron chi connectivity index (χ0n) is 16.9. The minimum absolute atomic E-state index is 0.0958. The van der Waals surface area contributed by atoms with E-state index >= 15 is 0 Å². The highest BCUT2D eigenvalue weighted by atomic mass is 32.2. The molecule has 2 N–H and O–H groups in total. The van der Waals surface area contributed by atoms with Gasteiger partial charge in [-0.2, -0.15) is 4.31 Å². The molecule has 0 saturated carbocycles. The molecule has 1 saturated heterocycles. The van der Waals surface area contributed by atoms with Crippen LogP contribution in [0.3, 0.4) is 0 Å². The average molecular weight is 417 g/mol. The van der Waals surface area contributed by atoms with Gasteiger partial charge in [0.1, 0.15) is 6.54 Å². The lowest BCUT2D eigenvalue weighted by Gasteiger charge is -2.20. The molecule has 1 heterocycles. The summed E-state index contributed by atoms with van der Waals surface area (Å²) in [7, 11) is -1.49. The van der Waals surface area contributed by atoms with Gasteiger partial charge >= 0.3 is 0 Å². The Morgan fingerprint density at radius 2 is 1.59 bits per heavy atom. The molecule has 1 amide bonds. The van der Waals surface area contributed by atoms with Crippen LogP contribution in [-0.4, -0.2) is 45.3 Å². The number of quaternary nitrogens is 1. The lowest BCUT2D eigenvalue weighted by Crippen LogP contribution is -3.08. The maximum atomic E-state index is 12.8. The molecule has 0 radical (unpaired) electrons. The van der Waals surface area contributed by atoms with Gasteiger partial charge in [0, 0.05) is 24.3 Å². The summed E-state index contributed by atoms with van der Waals surface area (Å²) < 4.78 is 27.2. The molecule has 29 heavy (non-hydrogen) atoms. The number of anilines is 1. The Morgan fingerprint density at radius 1 is 0.966 bits per heavy atom. The second-order valence-corrected chi connectivity index (χ2v) is 9.63.